The van der Waals surface area contributed by atoms with Gasteiger partial charge < -0.3 is 15.1 Å². The highest BCUT2D eigenvalue weighted by atomic mass is 35.5. The van der Waals surface area contributed by atoms with Crippen molar-refractivity contribution in [2.24, 2.45) is 0 Å². The van der Waals surface area contributed by atoms with Crippen LogP contribution in [0.5, 0.6) is 0 Å². The number of thiazole rings is 1. The van der Waals surface area contributed by atoms with Gasteiger partial charge in [-0.1, -0.05) is 29.3 Å². The fourth-order valence-corrected chi connectivity index (χ4v) is 4.62. The summed E-state index contributed by atoms with van der Waals surface area (Å²) in [5.74, 6) is 0.118. The van der Waals surface area contributed by atoms with E-state index in [1.165, 1.54) is 11.3 Å². The maximum atomic E-state index is 12.6. The van der Waals surface area contributed by atoms with Crippen molar-refractivity contribution in [1.82, 2.24) is 9.88 Å². The van der Waals surface area contributed by atoms with Crippen molar-refractivity contribution in [2.45, 2.75) is 12.8 Å². The highest BCUT2D eigenvalue weighted by Gasteiger charge is 2.21. The van der Waals surface area contributed by atoms with Crippen LogP contribution in [-0.2, 0) is 11.2 Å². The standard InChI is InChI=1S/C23H23Cl2N5O2S/c24-16-4-7-20(8-5-16)29-10-12-30(13-11-29)21(31)9-6-19-15-33-23(27-19)28-22(32)26-18-3-1-2-17(25)14-18/h1-5,7-8,14-15H,6,9-13H2,(H2,26,27,28,32). The summed E-state index contributed by atoms with van der Waals surface area (Å²) >= 11 is 13.2. The zero-order valence-corrected chi connectivity index (χ0v) is 20.1. The molecule has 4 rings (SSSR count). The molecule has 7 nitrogen and oxygen atoms in total. The highest BCUT2D eigenvalue weighted by molar-refractivity contribution is 7.13. The number of piperazine rings is 1. The molecule has 1 fully saturated rings. The Bertz CT molecular complexity index is 1110. The number of benzene rings is 2. The van der Waals surface area contributed by atoms with Crippen molar-refractivity contribution in [3.05, 3.63) is 69.7 Å². The van der Waals surface area contributed by atoms with Gasteiger partial charge >= 0.3 is 6.03 Å². The van der Waals surface area contributed by atoms with Crippen molar-refractivity contribution in [3.8, 4) is 0 Å². The molecular formula is C23H23Cl2N5O2S. The minimum absolute atomic E-state index is 0.118. The Morgan fingerprint density at radius 1 is 0.970 bits per heavy atom. The van der Waals surface area contributed by atoms with E-state index in [9.17, 15) is 9.59 Å². The lowest BCUT2D eigenvalue weighted by Gasteiger charge is -2.36. The van der Waals surface area contributed by atoms with Crippen LogP contribution in [-0.4, -0.2) is 48.0 Å². The first-order chi connectivity index (χ1) is 16.0. The molecule has 0 unspecified atom stereocenters. The molecular weight excluding hydrogens is 481 g/mol. The summed E-state index contributed by atoms with van der Waals surface area (Å²) in [6, 6.07) is 14.3. The van der Waals surface area contributed by atoms with Crippen LogP contribution in [0.3, 0.4) is 0 Å². The second-order valence-corrected chi connectivity index (χ2v) is 9.31. The van der Waals surface area contributed by atoms with E-state index in [2.05, 4.69) is 20.5 Å². The number of carbonyl (C=O) groups excluding carboxylic acids is 2. The number of halogens is 2. The molecule has 1 aliphatic rings. The SMILES string of the molecule is O=C(Nc1cccc(Cl)c1)Nc1nc(CCC(=O)N2CCN(c3ccc(Cl)cc3)CC2)cs1. The molecule has 1 aromatic heterocycles. The average molecular weight is 504 g/mol. The van der Waals surface area contributed by atoms with Gasteiger partial charge in [0, 0.05) is 59.4 Å². The molecule has 0 spiro atoms. The molecule has 0 atom stereocenters. The Labute approximate surface area is 206 Å². The zero-order valence-electron chi connectivity index (χ0n) is 17.8. The van der Waals surface area contributed by atoms with Gasteiger partial charge in [0.1, 0.15) is 0 Å². The average Bonchev–Trinajstić information content (AvgIpc) is 3.25. The van der Waals surface area contributed by atoms with Crippen molar-refractivity contribution >= 4 is 63.0 Å². The van der Waals surface area contributed by atoms with Gasteiger partial charge in [-0.15, -0.1) is 11.3 Å². The number of nitrogens with one attached hydrogen (secondary N) is 2. The van der Waals surface area contributed by atoms with Crippen LogP contribution < -0.4 is 15.5 Å². The van der Waals surface area contributed by atoms with E-state index in [4.69, 9.17) is 23.2 Å². The number of anilines is 3. The van der Waals surface area contributed by atoms with Crippen LogP contribution in [0, 0.1) is 0 Å². The number of urea groups is 1. The predicted octanol–water partition coefficient (Wildman–Crippen LogP) is 5.38. The van der Waals surface area contributed by atoms with Gasteiger partial charge in [0.15, 0.2) is 5.13 Å². The summed E-state index contributed by atoms with van der Waals surface area (Å²) in [5.41, 5.74) is 2.50. The molecule has 0 saturated carbocycles. The normalized spacial score (nSPS) is 13.6. The van der Waals surface area contributed by atoms with E-state index >= 15 is 0 Å². The third kappa shape index (κ3) is 6.60. The van der Waals surface area contributed by atoms with Gasteiger partial charge in [0.05, 0.1) is 5.69 Å². The number of aryl methyl sites for hydroxylation is 1. The first-order valence-electron chi connectivity index (χ1n) is 10.5. The molecule has 2 heterocycles. The van der Waals surface area contributed by atoms with Crippen LogP contribution in [0.15, 0.2) is 53.9 Å². The molecule has 172 valence electrons. The zero-order chi connectivity index (χ0) is 23.2. The molecule has 1 aliphatic heterocycles. The second-order valence-electron chi connectivity index (χ2n) is 7.58. The number of nitrogens with zero attached hydrogens (tertiary/aromatic N) is 3. The number of aromatic nitrogens is 1. The molecule has 0 radical (unpaired) electrons. The predicted molar refractivity (Wildman–Crippen MR) is 135 cm³/mol. The van der Waals surface area contributed by atoms with E-state index in [-0.39, 0.29) is 5.91 Å². The molecule has 0 aliphatic carbocycles. The van der Waals surface area contributed by atoms with Gasteiger partial charge in [0.2, 0.25) is 5.91 Å². The fraction of sp³-hybridized carbons (Fsp3) is 0.261. The molecule has 3 amide bonds. The van der Waals surface area contributed by atoms with E-state index in [1.807, 2.05) is 34.5 Å². The molecule has 0 bridgehead atoms. The van der Waals surface area contributed by atoms with Crippen molar-refractivity contribution in [3.63, 3.8) is 0 Å². The Hall–Kier alpha value is -2.81. The summed E-state index contributed by atoms with van der Waals surface area (Å²) in [5, 5.41) is 9.02. The number of rotatable bonds is 6. The third-order valence-electron chi connectivity index (χ3n) is 5.27. The Balaban J connectivity index is 1.21. The molecule has 1 saturated heterocycles. The largest absolute Gasteiger partial charge is 0.368 e. The van der Waals surface area contributed by atoms with Crippen molar-refractivity contribution < 1.29 is 9.59 Å². The summed E-state index contributed by atoms with van der Waals surface area (Å²) in [6.07, 6.45) is 0.920. The number of carbonyl (C=O) groups is 2. The lowest BCUT2D eigenvalue weighted by Crippen LogP contribution is -2.48. The lowest BCUT2D eigenvalue weighted by molar-refractivity contribution is -0.131. The lowest BCUT2D eigenvalue weighted by atomic mass is 10.2. The van der Waals surface area contributed by atoms with Crippen LogP contribution in [0.4, 0.5) is 21.3 Å². The minimum Gasteiger partial charge on any atom is -0.368 e. The molecule has 10 heteroatoms. The maximum Gasteiger partial charge on any atom is 0.325 e. The summed E-state index contributed by atoms with van der Waals surface area (Å²) < 4.78 is 0. The van der Waals surface area contributed by atoms with Gasteiger partial charge in [-0.3, -0.25) is 10.1 Å². The monoisotopic (exact) mass is 503 g/mol. The topological polar surface area (TPSA) is 77.6 Å². The summed E-state index contributed by atoms with van der Waals surface area (Å²) in [4.78, 5) is 33.4. The van der Waals surface area contributed by atoms with Crippen LogP contribution in [0.1, 0.15) is 12.1 Å². The minimum atomic E-state index is -0.396. The van der Waals surface area contributed by atoms with E-state index in [0.29, 0.717) is 41.8 Å². The number of amides is 3. The highest BCUT2D eigenvalue weighted by Crippen LogP contribution is 2.21. The van der Waals surface area contributed by atoms with Crippen LogP contribution in [0.2, 0.25) is 10.0 Å². The number of hydrogen-bond donors (Lipinski definition) is 2. The maximum absolute atomic E-state index is 12.6. The Kier molecular flexibility index (Phi) is 7.69. The van der Waals surface area contributed by atoms with E-state index in [0.717, 1.165) is 29.5 Å². The third-order valence-corrected chi connectivity index (χ3v) is 6.57. The Morgan fingerprint density at radius 3 is 2.45 bits per heavy atom. The quantitative estimate of drug-likeness (QED) is 0.473. The van der Waals surface area contributed by atoms with E-state index < -0.39 is 6.03 Å². The first kappa shape index (κ1) is 23.4. The van der Waals surface area contributed by atoms with Gasteiger partial charge in [-0.25, -0.2) is 9.78 Å². The molecule has 3 aromatic rings. The fourth-order valence-electron chi connectivity index (χ4n) is 3.56. The molecule has 33 heavy (non-hydrogen) atoms. The molecule has 2 aromatic carbocycles. The summed E-state index contributed by atoms with van der Waals surface area (Å²) in [7, 11) is 0. The Morgan fingerprint density at radius 2 is 1.73 bits per heavy atom. The number of hydrogen-bond acceptors (Lipinski definition) is 5. The van der Waals surface area contributed by atoms with Crippen LogP contribution in [0.25, 0.3) is 0 Å². The van der Waals surface area contributed by atoms with Crippen molar-refractivity contribution in [2.75, 3.05) is 41.7 Å². The van der Waals surface area contributed by atoms with Gasteiger partial charge in [-0.05, 0) is 48.9 Å². The smallest absolute Gasteiger partial charge is 0.325 e. The van der Waals surface area contributed by atoms with Gasteiger partial charge in [0.25, 0.3) is 0 Å². The van der Waals surface area contributed by atoms with Crippen LogP contribution >= 0.6 is 34.5 Å². The van der Waals surface area contributed by atoms with Crippen molar-refractivity contribution in [1.29, 1.82) is 0 Å². The molecule has 2 N–H and O–H groups in total. The van der Waals surface area contributed by atoms with Gasteiger partial charge in [-0.2, -0.15) is 0 Å². The first-order valence-corrected chi connectivity index (χ1v) is 12.2. The summed E-state index contributed by atoms with van der Waals surface area (Å²) in [6.45, 7) is 2.96. The second kappa shape index (κ2) is 10.9. The van der Waals surface area contributed by atoms with E-state index in [1.54, 1.807) is 24.3 Å².